The van der Waals surface area contributed by atoms with Crippen LogP contribution in [0.1, 0.15) is 68.1 Å². The van der Waals surface area contributed by atoms with Crippen molar-refractivity contribution in [3.63, 3.8) is 0 Å². The van der Waals surface area contributed by atoms with Crippen molar-refractivity contribution in [2.24, 2.45) is 0 Å². The number of thiophene rings is 1. The minimum atomic E-state index is -0.250. The van der Waals surface area contributed by atoms with Crippen LogP contribution in [0.25, 0.3) is 6.08 Å². The van der Waals surface area contributed by atoms with E-state index in [0.717, 1.165) is 42.9 Å². The fourth-order valence-electron chi connectivity index (χ4n) is 3.19. The maximum atomic E-state index is 12.3. The molecular formula is C27H36N2O3S. The van der Waals surface area contributed by atoms with Crippen LogP contribution < -0.4 is 0 Å². The first-order valence-electron chi connectivity index (χ1n) is 11.4. The summed E-state index contributed by atoms with van der Waals surface area (Å²) < 4.78 is 2.26. The van der Waals surface area contributed by atoms with Gasteiger partial charge in [0.2, 0.25) is 0 Å². The van der Waals surface area contributed by atoms with E-state index in [1.54, 1.807) is 18.3 Å². The van der Waals surface area contributed by atoms with E-state index in [1.165, 1.54) is 16.0 Å². The Kier molecular flexibility index (Phi) is 13.4. The molecule has 0 aliphatic rings. The molecule has 0 fully saturated rings. The summed E-state index contributed by atoms with van der Waals surface area (Å²) in [6, 6.07) is 12.7. The van der Waals surface area contributed by atoms with Gasteiger partial charge in [-0.2, -0.15) is 0 Å². The van der Waals surface area contributed by atoms with Crippen LogP contribution in [0.3, 0.4) is 0 Å². The number of ketones is 1. The molecule has 6 heteroatoms. The zero-order valence-electron chi connectivity index (χ0n) is 20.4. The van der Waals surface area contributed by atoms with Gasteiger partial charge >= 0.3 is 0 Å². The molecule has 0 unspecified atom stereocenters. The molecule has 3 rings (SSSR count). The maximum absolute atomic E-state index is 12.3. The summed E-state index contributed by atoms with van der Waals surface area (Å²) in [5.74, 6) is 1.21. The standard InChI is InChI=1S/C24H28N2OS.C2H6.CH2O2/c1-4-5-8-24-25-16-22(26(24)17-20-11-9-18(2)10-12-20)14-21(19(3)27)15-23-7-6-13-28-23;1-2;2-1-3/h6-7,9-14,16H,4-5,8,15,17H2,1-3H3;1-2H3;1H,(H,2,3)/b21-14+;;. The predicted octanol–water partition coefficient (Wildman–Crippen LogP) is 6.59. The minimum Gasteiger partial charge on any atom is -0.483 e. The third-order valence-electron chi connectivity index (χ3n) is 4.90. The average Bonchev–Trinajstić information content (AvgIpc) is 3.46. The van der Waals surface area contributed by atoms with Crippen LogP contribution in [0.2, 0.25) is 0 Å². The number of aromatic nitrogens is 2. The number of carbonyl (C=O) groups is 2. The van der Waals surface area contributed by atoms with Gasteiger partial charge in [-0.05, 0) is 43.4 Å². The van der Waals surface area contributed by atoms with Gasteiger partial charge in [-0.1, -0.05) is 63.1 Å². The van der Waals surface area contributed by atoms with Gasteiger partial charge in [-0.15, -0.1) is 11.3 Å². The summed E-state index contributed by atoms with van der Waals surface area (Å²) in [6.45, 7) is 10.5. The first-order chi connectivity index (χ1) is 16.0. The number of carboxylic acid groups (broad SMARTS) is 1. The number of unbranched alkanes of at least 4 members (excludes halogenated alkanes) is 1. The predicted molar refractivity (Wildman–Crippen MR) is 138 cm³/mol. The van der Waals surface area contributed by atoms with Gasteiger partial charge in [0.1, 0.15) is 5.82 Å². The highest BCUT2D eigenvalue weighted by atomic mass is 32.1. The Bertz CT molecular complexity index is 987. The van der Waals surface area contributed by atoms with Gasteiger partial charge in [-0.25, -0.2) is 4.98 Å². The molecule has 0 atom stereocenters. The highest BCUT2D eigenvalue weighted by Gasteiger charge is 2.12. The van der Waals surface area contributed by atoms with E-state index in [0.29, 0.717) is 6.42 Å². The largest absolute Gasteiger partial charge is 0.483 e. The van der Waals surface area contributed by atoms with Gasteiger partial charge in [0.15, 0.2) is 5.78 Å². The molecule has 0 bridgehead atoms. The monoisotopic (exact) mass is 468 g/mol. The molecular weight excluding hydrogens is 432 g/mol. The molecule has 33 heavy (non-hydrogen) atoms. The molecule has 2 heterocycles. The lowest BCUT2D eigenvalue weighted by Crippen LogP contribution is -2.08. The molecule has 0 radical (unpaired) electrons. The SMILES string of the molecule is CC.CCCCc1ncc(/C=C(\Cc2cccs2)C(C)=O)n1Cc1ccc(C)cc1.O=CO. The number of rotatable bonds is 9. The molecule has 0 aliphatic heterocycles. The topological polar surface area (TPSA) is 72.2 Å². The molecule has 0 spiro atoms. The Balaban J connectivity index is 0.00000101. The summed E-state index contributed by atoms with van der Waals surface area (Å²) >= 11 is 1.69. The number of benzene rings is 1. The second kappa shape index (κ2) is 15.8. The Hall–Kier alpha value is -2.99. The van der Waals surface area contributed by atoms with Crippen molar-refractivity contribution in [3.8, 4) is 0 Å². The molecule has 0 saturated heterocycles. The van der Waals surface area contributed by atoms with Crippen LogP contribution in [-0.4, -0.2) is 26.9 Å². The van der Waals surface area contributed by atoms with Crippen molar-refractivity contribution in [2.75, 3.05) is 0 Å². The number of Topliss-reactive ketones (excluding diaryl/α,β-unsaturated/α-hetero) is 1. The molecule has 178 valence electrons. The van der Waals surface area contributed by atoms with Gasteiger partial charge in [0.25, 0.3) is 6.47 Å². The van der Waals surface area contributed by atoms with Crippen molar-refractivity contribution < 1.29 is 14.7 Å². The van der Waals surface area contributed by atoms with E-state index in [4.69, 9.17) is 9.90 Å². The number of imidazole rings is 1. The summed E-state index contributed by atoms with van der Waals surface area (Å²) in [7, 11) is 0. The number of allylic oxidation sites excluding steroid dienone is 1. The van der Waals surface area contributed by atoms with E-state index in [-0.39, 0.29) is 12.3 Å². The van der Waals surface area contributed by atoms with Gasteiger partial charge in [0.05, 0.1) is 11.9 Å². The molecule has 0 amide bonds. The smallest absolute Gasteiger partial charge is 0.290 e. The normalized spacial score (nSPS) is 10.5. The van der Waals surface area contributed by atoms with Crippen molar-refractivity contribution in [2.45, 2.75) is 66.8 Å². The lowest BCUT2D eigenvalue weighted by Gasteiger charge is -2.12. The molecule has 5 nitrogen and oxygen atoms in total. The second-order valence-electron chi connectivity index (χ2n) is 7.36. The lowest BCUT2D eigenvalue weighted by molar-refractivity contribution is -0.122. The van der Waals surface area contributed by atoms with Crippen LogP contribution in [-0.2, 0) is 29.0 Å². The summed E-state index contributed by atoms with van der Waals surface area (Å²) in [5, 5.41) is 8.94. The van der Waals surface area contributed by atoms with Crippen LogP contribution in [0, 0.1) is 6.92 Å². The molecule has 0 saturated carbocycles. The Morgan fingerprint density at radius 2 is 1.85 bits per heavy atom. The number of carbonyl (C=O) groups excluding carboxylic acids is 1. The third-order valence-corrected chi connectivity index (χ3v) is 5.78. The number of hydrogen-bond donors (Lipinski definition) is 1. The van der Waals surface area contributed by atoms with E-state index in [2.05, 4.69) is 59.1 Å². The van der Waals surface area contributed by atoms with Crippen LogP contribution in [0.4, 0.5) is 0 Å². The van der Waals surface area contributed by atoms with Gasteiger partial charge in [-0.3, -0.25) is 9.59 Å². The highest BCUT2D eigenvalue weighted by Crippen LogP contribution is 2.20. The first-order valence-corrected chi connectivity index (χ1v) is 12.3. The Labute approximate surface area is 201 Å². The molecule has 3 aromatic rings. The Morgan fingerprint density at radius 3 is 2.39 bits per heavy atom. The third kappa shape index (κ3) is 9.58. The molecule has 0 aliphatic carbocycles. The summed E-state index contributed by atoms with van der Waals surface area (Å²) in [4.78, 5) is 26.5. The van der Waals surface area contributed by atoms with E-state index in [9.17, 15) is 4.79 Å². The van der Waals surface area contributed by atoms with Crippen molar-refractivity contribution >= 4 is 29.7 Å². The quantitative estimate of drug-likeness (QED) is 0.284. The van der Waals surface area contributed by atoms with Gasteiger partial charge in [0, 0.05) is 29.8 Å². The number of hydrogen-bond acceptors (Lipinski definition) is 4. The van der Waals surface area contributed by atoms with E-state index >= 15 is 0 Å². The van der Waals surface area contributed by atoms with Crippen LogP contribution in [0.15, 0.2) is 53.5 Å². The molecule has 1 aromatic carbocycles. The number of nitrogens with zero attached hydrogens (tertiary/aromatic N) is 2. The average molecular weight is 469 g/mol. The van der Waals surface area contributed by atoms with Crippen molar-refractivity contribution in [3.05, 3.63) is 81.1 Å². The summed E-state index contributed by atoms with van der Waals surface area (Å²) in [6.07, 6.45) is 7.82. The summed E-state index contributed by atoms with van der Waals surface area (Å²) in [5.41, 5.74) is 4.34. The lowest BCUT2D eigenvalue weighted by atomic mass is 10.1. The molecule has 1 N–H and O–H groups in total. The Morgan fingerprint density at radius 1 is 1.18 bits per heavy atom. The van der Waals surface area contributed by atoms with Crippen molar-refractivity contribution in [1.82, 2.24) is 9.55 Å². The maximum Gasteiger partial charge on any atom is 0.290 e. The van der Waals surface area contributed by atoms with E-state index in [1.807, 2.05) is 32.2 Å². The fourth-order valence-corrected chi connectivity index (χ4v) is 3.92. The highest BCUT2D eigenvalue weighted by molar-refractivity contribution is 7.09. The molecule has 2 aromatic heterocycles. The van der Waals surface area contributed by atoms with Crippen LogP contribution in [0.5, 0.6) is 0 Å². The zero-order chi connectivity index (χ0) is 24.6. The van der Waals surface area contributed by atoms with Crippen LogP contribution >= 0.6 is 11.3 Å². The van der Waals surface area contributed by atoms with Crippen molar-refractivity contribution in [1.29, 1.82) is 0 Å². The fraction of sp³-hybridized carbons (Fsp3) is 0.370. The van der Waals surface area contributed by atoms with Gasteiger partial charge < -0.3 is 9.67 Å². The van der Waals surface area contributed by atoms with E-state index < -0.39 is 0 Å². The first kappa shape index (κ1) is 28.0. The second-order valence-corrected chi connectivity index (χ2v) is 8.39. The number of aryl methyl sites for hydroxylation is 2. The minimum absolute atomic E-state index is 0.117. The zero-order valence-corrected chi connectivity index (χ0v) is 21.2.